The van der Waals surface area contributed by atoms with E-state index in [1.165, 1.54) is 5.56 Å². The summed E-state index contributed by atoms with van der Waals surface area (Å²) < 4.78 is 0. The summed E-state index contributed by atoms with van der Waals surface area (Å²) in [6.45, 7) is 2.60. The van der Waals surface area contributed by atoms with Crippen molar-refractivity contribution < 1.29 is 4.79 Å². The number of rotatable bonds is 4. The molecule has 1 N–H and O–H groups in total. The van der Waals surface area contributed by atoms with E-state index < -0.39 is 0 Å². The maximum absolute atomic E-state index is 12.0. The average molecular weight is 318 g/mol. The average Bonchev–Trinajstić information content (AvgIpc) is 2.45. The molecule has 0 unspecified atom stereocenters. The van der Waals surface area contributed by atoms with Crippen LogP contribution in [0.2, 0.25) is 0 Å². The van der Waals surface area contributed by atoms with Gasteiger partial charge in [-0.05, 0) is 30.2 Å². The molecule has 2 nitrogen and oxygen atoms in total. The van der Waals surface area contributed by atoms with Crippen LogP contribution in [0.25, 0.3) is 0 Å². The molecule has 0 spiro atoms. The molecule has 2 rings (SSSR count). The van der Waals surface area contributed by atoms with E-state index >= 15 is 0 Å². The van der Waals surface area contributed by atoms with Crippen LogP contribution in [0, 0.1) is 6.92 Å². The lowest BCUT2D eigenvalue weighted by Crippen LogP contribution is -2.22. The highest BCUT2D eigenvalue weighted by Gasteiger charge is 2.05. The Morgan fingerprint density at radius 3 is 2.58 bits per heavy atom. The Balaban J connectivity index is 2.01. The van der Waals surface area contributed by atoms with E-state index in [0.29, 0.717) is 12.1 Å². The van der Waals surface area contributed by atoms with Crippen LogP contribution < -0.4 is 5.32 Å². The zero-order valence-electron chi connectivity index (χ0n) is 10.8. The van der Waals surface area contributed by atoms with Crippen molar-refractivity contribution >= 4 is 21.8 Å². The fourth-order valence-electron chi connectivity index (χ4n) is 1.90. The Kier molecular flexibility index (Phi) is 4.74. The number of benzene rings is 2. The predicted octanol–water partition coefficient (Wildman–Crippen LogP) is 3.82. The second-order valence-electron chi connectivity index (χ2n) is 4.51. The highest BCUT2D eigenvalue weighted by Crippen LogP contribution is 2.09. The van der Waals surface area contributed by atoms with Crippen LogP contribution in [0.15, 0.2) is 48.5 Å². The third-order valence-electron chi connectivity index (χ3n) is 2.88. The number of amides is 1. The summed E-state index contributed by atoms with van der Waals surface area (Å²) in [4.78, 5) is 12.0. The quantitative estimate of drug-likeness (QED) is 0.853. The van der Waals surface area contributed by atoms with Crippen molar-refractivity contribution in [3.63, 3.8) is 0 Å². The maximum atomic E-state index is 12.0. The van der Waals surface area contributed by atoms with Crippen molar-refractivity contribution in [2.45, 2.75) is 18.8 Å². The number of hydrogen-bond acceptors (Lipinski definition) is 1. The van der Waals surface area contributed by atoms with Crippen LogP contribution >= 0.6 is 15.9 Å². The summed E-state index contributed by atoms with van der Waals surface area (Å²) >= 11 is 3.39. The summed E-state index contributed by atoms with van der Waals surface area (Å²) in [5, 5.41) is 3.70. The number of carbonyl (C=O) groups is 1. The third-order valence-corrected chi connectivity index (χ3v) is 3.53. The minimum atomic E-state index is -0.0377. The second kappa shape index (κ2) is 6.53. The Hall–Kier alpha value is -1.61. The van der Waals surface area contributed by atoms with Gasteiger partial charge in [0.15, 0.2) is 0 Å². The summed E-state index contributed by atoms with van der Waals surface area (Å²) in [7, 11) is 0. The number of hydrogen-bond donors (Lipinski definition) is 1. The van der Waals surface area contributed by atoms with Gasteiger partial charge in [-0.3, -0.25) is 4.79 Å². The summed E-state index contributed by atoms with van der Waals surface area (Å²) in [6.07, 6.45) is 0. The fourth-order valence-corrected chi connectivity index (χ4v) is 2.25. The van der Waals surface area contributed by atoms with E-state index in [-0.39, 0.29) is 5.91 Å². The van der Waals surface area contributed by atoms with E-state index in [0.717, 1.165) is 16.5 Å². The van der Waals surface area contributed by atoms with Crippen molar-refractivity contribution in [3.05, 3.63) is 70.8 Å². The van der Waals surface area contributed by atoms with Crippen LogP contribution in [0.3, 0.4) is 0 Å². The summed E-state index contributed by atoms with van der Waals surface area (Å²) in [5.74, 6) is -0.0377. The maximum Gasteiger partial charge on any atom is 0.251 e. The lowest BCUT2D eigenvalue weighted by atomic mass is 10.1. The van der Waals surface area contributed by atoms with Crippen molar-refractivity contribution in [2.75, 3.05) is 0 Å². The van der Waals surface area contributed by atoms with Gasteiger partial charge >= 0.3 is 0 Å². The minimum absolute atomic E-state index is 0.0377. The molecule has 0 saturated carbocycles. The normalized spacial score (nSPS) is 10.2. The van der Waals surface area contributed by atoms with Gasteiger partial charge in [0.2, 0.25) is 0 Å². The van der Waals surface area contributed by atoms with Gasteiger partial charge < -0.3 is 5.32 Å². The van der Waals surface area contributed by atoms with Crippen molar-refractivity contribution in [1.82, 2.24) is 5.32 Å². The molecule has 3 heteroatoms. The smallest absolute Gasteiger partial charge is 0.251 e. The second-order valence-corrected chi connectivity index (χ2v) is 5.07. The Labute approximate surface area is 122 Å². The zero-order chi connectivity index (χ0) is 13.7. The first-order chi connectivity index (χ1) is 9.19. The first-order valence-electron chi connectivity index (χ1n) is 6.17. The minimum Gasteiger partial charge on any atom is -0.348 e. The van der Waals surface area contributed by atoms with Gasteiger partial charge in [-0.1, -0.05) is 57.9 Å². The van der Waals surface area contributed by atoms with Crippen LogP contribution in [0.4, 0.5) is 0 Å². The molecule has 0 bridgehead atoms. The van der Waals surface area contributed by atoms with Crippen LogP contribution in [-0.2, 0) is 11.9 Å². The topological polar surface area (TPSA) is 29.1 Å². The molecule has 98 valence electrons. The summed E-state index contributed by atoms with van der Waals surface area (Å²) in [6, 6.07) is 15.8. The molecule has 1 amide bonds. The molecular formula is C16H16BrNO. The standard InChI is InChI=1S/C16H16BrNO/c1-12-4-2-6-14(8-12)11-18-16(19)15-7-3-5-13(9-15)10-17/h2-9H,10-11H2,1H3,(H,18,19). The highest BCUT2D eigenvalue weighted by molar-refractivity contribution is 9.08. The summed E-state index contributed by atoms with van der Waals surface area (Å²) in [5.41, 5.74) is 4.12. The monoisotopic (exact) mass is 317 g/mol. The first kappa shape index (κ1) is 13.8. The van der Waals surface area contributed by atoms with E-state index in [1.807, 2.05) is 49.4 Å². The zero-order valence-corrected chi connectivity index (χ0v) is 12.4. The fraction of sp³-hybridized carbons (Fsp3) is 0.188. The molecule has 0 heterocycles. The molecular weight excluding hydrogens is 302 g/mol. The highest BCUT2D eigenvalue weighted by atomic mass is 79.9. The van der Waals surface area contributed by atoms with Gasteiger partial charge in [-0.15, -0.1) is 0 Å². The molecule has 0 atom stereocenters. The van der Waals surface area contributed by atoms with Crippen molar-refractivity contribution in [1.29, 1.82) is 0 Å². The Bertz CT molecular complexity index is 580. The Morgan fingerprint density at radius 1 is 1.11 bits per heavy atom. The number of carbonyl (C=O) groups excluding carboxylic acids is 1. The van der Waals surface area contributed by atoms with Crippen LogP contribution in [0.1, 0.15) is 27.0 Å². The number of alkyl halides is 1. The van der Waals surface area contributed by atoms with E-state index in [4.69, 9.17) is 0 Å². The first-order valence-corrected chi connectivity index (χ1v) is 7.30. The number of nitrogens with one attached hydrogen (secondary N) is 1. The molecule has 0 radical (unpaired) electrons. The van der Waals surface area contributed by atoms with Crippen molar-refractivity contribution in [2.24, 2.45) is 0 Å². The molecule has 2 aromatic carbocycles. The van der Waals surface area contributed by atoms with Crippen molar-refractivity contribution in [3.8, 4) is 0 Å². The predicted molar refractivity (Wildman–Crippen MR) is 81.4 cm³/mol. The van der Waals surface area contributed by atoms with E-state index in [9.17, 15) is 4.79 Å². The van der Waals surface area contributed by atoms with E-state index in [1.54, 1.807) is 0 Å². The molecule has 2 aromatic rings. The molecule has 0 aliphatic rings. The molecule has 19 heavy (non-hydrogen) atoms. The molecule has 0 saturated heterocycles. The molecule has 0 aromatic heterocycles. The van der Waals surface area contributed by atoms with Gasteiger partial charge in [0.25, 0.3) is 5.91 Å². The van der Waals surface area contributed by atoms with Gasteiger partial charge in [-0.25, -0.2) is 0 Å². The lowest BCUT2D eigenvalue weighted by Gasteiger charge is -2.07. The van der Waals surface area contributed by atoms with Gasteiger partial charge in [0, 0.05) is 17.4 Å². The third kappa shape index (κ3) is 3.93. The van der Waals surface area contributed by atoms with Gasteiger partial charge in [0.05, 0.1) is 0 Å². The molecule has 0 fully saturated rings. The number of halogens is 1. The van der Waals surface area contributed by atoms with Gasteiger partial charge in [-0.2, -0.15) is 0 Å². The van der Waals surface area contributed by atoms with Crippen LogP contribution in [0.5, 0.6) is 0 Å². The molecule has 0 aliphatic carbocycles. The van der Waals surface area contributed by atoms with E-state index in [2.05, 4.69) is 27.3 Å². The number of aryl methyl sites for hydroxylation is 1. The van der Waals surface area contributed by atoms with Crippen LogP contribution in [-0.4, -0.2) is 5.91 Å². The SMILES string of the molecule is Cc1cccc(CNC(=O)c2cccc(CBr)c2)c1. The van der Waals surface area contributed by atoms with Gasteiger partial charge in [0.1, 0.15) is 0 Å². The molecule has 0 aliphatic heterocycles. The largest absolute Gasteiger partial charge is 0.348 e. The Morgan fingerprint density at radius 2 is 1.84 bits per heavy atom. The lowest BCUT2D eigenvalue weighted by molar-refractivity contribution is 0.0951.